The van der Waals surface area contributed by atoms with Crippen molar-refractivity contribution >= 4 is 12.2 Å². The maximum atomic E-state index is 12.3. The molecule has 0 unspecified atom stereocenters. The van der Waals surface area contributed by atoms with Crippen molar-refractivity contribution in [3.05, 3.63) is 35.9 Å². The van der Waals surface area contributed by atoms with Gasteiger partial charge in [-0.05, 0) is 5.56 Å². The number of hydrogen-bond donors (Lipinski definition) is 0. The lowest BCUT2D eigenvalue weighted by atomic mass is 10.2. The van der Waals surface area contributed by atoms with Gasteiger partial charge < -0.3 is 9.64 Å². The quantitative estimate of drug-likeness (QED) is 0.765. The first-order valence-electron chi connectivity index (χ1n) is 7.78. The third-order valence-corrected chi connectivity index (χ3v) is 4.01. The number of carbonyl (C=O) groups excluding carboxylic acids is 1. The number of benzene rings is 1. The molecule has 118 valence electrons. The van der Waals surface area contributed by atoms with Gasteiger partial charge in [-0.3, -0.25) is 4.90 Å². The lowest BCUT2D eigenvalue weighted by Crippen LogP contribution is -2.42. The van der Waals surface area contributed by atoms with E-state index in [-0.39, 0.29) is 6.03 Å². The summed E-state index contributed by atoms with van der Waals surface area (Å²) in [6, 6.07) is 9.83. The van der Waals surface area contributed by atoms with E-state index >= 15 is 0 Å². The van der Waals surface area contributed by atoms with Crippen LogP contribution in [0.25, 0.3) is 0 Å². The van der Waals surface area contributed by atoms with Gasteiger partial charge in [0.05, 0.1) is 26.0 Å². The zero-order valence-electron chi connectivity index (χ0n) is 12.7. The van der Waals surface area contributed by atoms with Gasteiger partial charge in [0.2, 0.25) is 0 Å². The Bertz CT molecular complexity index is 514. The lowest BCUT2D eigenvalue weighted by Gasteiger charge is -2.28. The number of nitrogens with zero attached hydrogens (tertiary/aromatic N) is 4. The van der Waals surface area contributed by atoms with Gasteiger partial charge >= 0.3 is 6.03 Å². The van der Waals surface area contributed by atoms with E-state index in [4.69, 9.17) is 4.74 Å². The first-order chi connectivity index (χ1) is 10.8. The second-order valence-corrected chi connectivity index (χ2v) is 5.50. The molecule has 2 amide bonds. The molecule has 1 aromatic rings. The fourth-order valence-corrected chi connectivity index (χ4v) is 2.65. The van der Waals surface area contributed by atoms with Crippen LogP contribution < -0.4 is 0 Å². The van der Waals surface area contributed by atoms with Crippen molar-refractivity contribution < 1.29 is 9.53 Å². The monoisotopic (exact) mass is 302 g/mol. The molecule has 0 aliphatic carbocycles. The second kappa shape index (κ2) is 7.38. The molecule has 2 saturated heterocycles. The standard InChI is InChI=1S/C16H22N4O2/c21-16-19(7-6-18-10-12-22-13-11-18)8-9-20(16)17-14-15-4-2-1-3-5-15/h1-5,14H,6-13H2. The van der Waals surface area contributed by atoms with Gasteiger partial charge in [-0.1, -0.05) is 30.3 Å². The Morgan fingerprint density at radius 2 is 1.82 bits per heavy atom. The van der Waals surface area contributed by atoms with Gasteiger partial charge in [-0.25, -0.2) is 9.80 Å². The molecular weight excluding hydrogens is 280 g/mol. The third kappa shape index (κ3) is 3.84. The van der Waals surface area contributed by atoms with Crippen LogP contribution in [0, 0.1) is 0 Å². The molecule has 1 aromatic carbocycles. The smallest absolute Gasteiger partial charge is 0.340 e. The summed E-state index contributed by atoms with van der Waals surface area (Å²) in [5.41, 5.74) is 1.00. The van der Waals surface area contributed by atoms with Gasteiger partial charge in [-0.2, -0.15) is 5.10 Å². The van der Waals surface area contributed by atoms with E-state index in [9.17, 15) is 4.79 Å². The molecule has 3 rings (SSSR count). The third-order valence-electron chi connectivity index (χ3n) is 4.01. The van der Waals surface area contributed by atoms with Gasteiger partial charge in [0.25, 0.3) is 0 Å². The highest BCUT2D eigenvalue weighted by molar-refractivity contribution is 5.82. The molecule has 2 heterocycles. The molecule has 2 aliphatic rings. The average Bonchev–Trinajstić information content (AvgIpc) is 2.93. The fraction of sp³-hybridized carbons (Fsp3) is 0.500. The Morgan fingerprint density at radius 3 is 2.59 bits per heavy atom. The van der Waals surface area contributed by atoms with Crippen molar-refractivity contribution in [3.8, 4) is 0 Å². The maximum absolute atomic E-state index is 12.3. The molecule has 6 heteroatoms. The molecule has 2 fully saturated rings. The molecule has 6 nitrogen and oxygen atoms in total. The topological polar surface area (TPSA) is 48.4 Å². The van der Waals surface area contributed by atoms with E-state index in [2.05, 4.69) is 10.0 Å². The largest absolute Gasteiger partial charge is 0.379 e. The molecular formula is C16H22N4O2. The molecule has 2 aliphatic heterocycles. The van der Waals surface area contributed by atoms with E-state index in [0.29, 0.717) is 6.54 Å². The number of urea groups is 1. The fourth-order valence-electron chi connectivity index (χ4n) is 2.65. The molecule has 0 radical (unpaired) electrons. The minimum Gasteiger partial charge on any atom is -0.379 e. The summed E-state index contributed by atoms with van der Waals surface area (Å²) in [5.74, 6) is 0. The van der Waals surface area contributed by atoms with E-state index in [1.54, 1.807) is 11.2 Å². The molecule has 0 N–H and O–H groups in total. The molecule has 0 saturated carbocycles. The Morgan fingerprint density at radius 1 is 1.05 bits per heavy atom. The predicted molar refractivity (Wildman–Crippen MR) is 85.0 cm³/mol. The van der Waals surface area contributed by atoms with Crippen LogP contribution in [-0.2, 0) is 4.74 Å². The van der Waals surface area contributed by atoms with Crippen molar-refractivity contribution in [1.82, 2.24) is 14.8 Å². The lowest BCUT2D eigenvalue weighted by molar-refractivity contribution is 0.0355. The zero-order valence-corrected chi connectivity index (χ0v) is 12.7. The highest BCUT2D eigenvalue weighted by Gasteiger charge is 2.28. The van der Waals surface area contributed by atoms with Crippen LogP contribution in [-0.4, -0.2) is 79.5 Å². The summed E-state index contributed by atoms with van der Waals surface area (Å²) in [5, 5.41) is 5.85. The number of rotatable bonds is 5. The number of hydrazone groups is 1. The van der Waals surface area contributed by atoms with E-state index in [1.807, 2.05) is 35.2 Å². The van der Waals surface area contributed by atoms with Crippen LogP contribution in [0.4, 0.5) is 4.79 Å². The molecule has 0 bridgehead atoms. The van der Waals surface area contributed by atoms with Crippen molar-refractivity contribution in [1.29, 1.82) is 0 Å². The Balaban J connectivity index is 1.48. The zero-order chi connectivity index (χ0) is 15.2. The van der Waals surface area contributed by atoms with Crippen LogP contribution in [0.3, 0.4) is 0 Å². The van der Waals surface area contributed by atoms with Crippen LogP contribution >= 0.6 is 0 Å². The van der Waals surface area contributed by atoms with Gasteiger partial charge in [0, 0.05) is 32.7 Å². The molecule has 0 aromatic heterocycles. The Hall–Kier alpha value is -1.92. The first kappa shape index (κ1) is 15.0. The van der Waals surface area contributed by atoms with Gasteiger partial charge in [0.15, 0.2) is 0 Å². The van der Waals surface area contributed by atoms with Crippen molar-refractivity contribution in [3.63, 3.8) is 0 Å². The van der Waals surface area contributed by atoms with Crippen molar-refractivity contribution in [2.24, 2.45) is 5.10 Å². The van der Waals surface area contributed by atoms with Gasteiger partial charge in [-0.15, -0.1) is 0 Å². The molecule has 0 atom stereocenters. The predicted octanol–water partition coefficient (Wildman–Crippen LogP) is 1.09. The van der Waals surface area contributed by atoms with Crippen LogP contribution in [0.1, 0.15) is 5.56 Å². The van der Waals surface area contributed by atoms with Crippen LogP contribution in [0.15, 0.2) is 35.4 Å². The first-order valence-corrected chi connectivity index (χ1v) is 7.78. The number of amides is 2. The van der Waals surface area contributed by atoms with Crippen molar-refractivity contribution in [2.75, 3.05) is 52.5 Å². The van der Waals surface area contributed by atoms with Crippen LogP contribution in [0.5, 0.6) is 0 Å². The van der Waals surface area contributed by atoms with E-state index < -0.39 is 0 Å². The molecule has 22 heavy (non-hydrogen) atoms. The van der Waals surface area contributed by atoms with Crippen LogP contribution in [0.2, 0.25) is 0 Å². The Labute approximate surface area is 130 Å². The summed E-state index contributed by atoms with van der Waals surface area (Å²) in [7, 11) is 0. The summed E-state index contributed by atoms with van der Waals surface area (Å²) in [6.45, 7) is 6.57. The highest BCUT2D eigenvalue weighted by atomic mass is 16.5. The van der Waals surface area contributed by atoms with E-state index in [1.165, 1.54) is 0 Å². The number of carbonyl (C=O) groups is 1. The maximum Gasteiger partial charge on any atom is 0.340 e. The number of ether oxygens (including phenoxy) is 1. The summed E-state index contributed by atoms with van der Waals surface area (Å²) < 4.78 is 5.33. The normalized spacial score (nSPS) is 20.3. The summed E-state index contributed by atoms with van der Waals surface area (Å²) in [6.07, 6.45) is 1.74. The minimum absolute atomic E-state index is 0.000408. The SMILES string of the molecule is O=C1N(CCN2CCOCC2)CCN1N=Cc1ccccc1. The van der Waals surface area contributed by atoms with E-state index in [0.717, 1.165) is 51.5 Å². The van der Waals surface area contributed by atoms with Crippen molar-refractivity contribution in [2.45, 2.75) is 0 Å². The van der Waals surface area contributed by atoms with Gasteiger partial charge in [0.1, 0.15) is 0 Å². The Kier molecular flexibility index (Phi) is 5.03. The summed E-state index contributed by atoms with van der Waals surface area (Å²) >= 11 is 0. The highest BCUT2D eigenvalue weighted by Crippen LogP contribution is 2.09. The summed E-state index contributed by atoms with van der Waals surface area (Å²) in [4.78, 5) is 16.5. The number of morpholine rings is 1. The number of hydrogen-bond acceptors (Lipinski definition) is 4. The molecule has 0 spiro atoms. The minimum atomic E-state index is 0.000408. The average molecular weight is 302 g/mol. The second-order valence-electron chi connectivity index (χ2n) is 5.50.